The number of nitrogens with two attached hydrogens (primary N) is 1. The van der Waals surface area contributed by atoms with E-state index in [2.05, 4.69) is 5.43 Å². The maximum absolute atomic E-state index is 12.1. The Balaban J connectivity index is 3.11. The molecular weight excluding hydrogens is 202 g/mol. The Morgan fingerprint density at radius 1 is 1.44 bits per heavy atom. The first-order chi connectivity index (χ1) is 7.47. The lowest BCUT2D eigenvalue weighted by Crippen LogP contribution is -2.33. The van der Waals surface area contributed by atoms with Gasteiger partial charge in [-0.15, -0.1) is 0 Å². The number of aryl methyl sites for hydroxylation is 1. The summed E-state index contributed by atoms with van der Waals surface area (Å²) in [7, 11) is 1.79. The fourth-order valence-electron chi connectivity index (χ4n) is 1.39. The van der Waals surface area contributed by atoms with Crippen LogP contribution in [0.15, 0.2) is 18.2 Å². The van der Waals surface area contributed by atoms with E-state index in [4.69, 9.17) is 5.84 Å². The number of nitrogens with one attached hydrogen (secondary N) is 1. The normalized spacial score (nSPS) is 10.4. The van der Waals surface area contributed by atoms with Crippen molar-refractivity contribution in [1.82, 2.24) is 4.90 Å². The van der Waals surface area contributed by atoms with Crippen LogP contribution in [0.4, 0.5) is 5.69 Å². The van der Waals surface area contributed by atoms with Crippen molar-refractivity contribution in [3.63, 3.8) is 0 Å². The first-order valence-corrected chi connectivity index (χ1v) is 5.31. The summed E-state index contributed by atoms with van der Waals surface area (Å²) in [4.78, 5) is 13.8. The molecule has 1 rings (SSSR count). The topological polar surface area (TPSA) is 58.4 Å². The minimum atomic E-state index is -0.0216. The van der Waals surface area contributed by atoms with Crippen molar-refractivity contribution < 1.29 is 4.79 Å². The number of amides is 1. The Bertz CT molecular complexity index is 388. The van der Waals surface area contributed by atoms with E-state index < -0.39 is 0 Å². The molecule has 0 aliphatic rings. The highest BCUT2D eigenvalue weighted by Gasteiger charge is 2.17. The maximum atomic E-state index is 12.1. The molecule has 0 radical (unpaired) electrons. The lowest BCUT2D eigenvalue weighted by molar-refractivity contribution is 0.0756. The second-order valence-corrected chi connectivity index (χ2v) is 4.20. The number of anilines is 1. The first kappa shape index (κ1) is 12.5. The Morgan fingerprint density at radius 3 is 2.56 bits per heavy atom. The van der Waals surface area contributed by atoms with Crippen LogP contribution in [0.5, 0.6) is 0 Å². The van der Waals surface area contributed by atoms with Crippen molar-refractivity contribution in [3.05, 3.63) is 29.3 Å². The van der Waals surface area contributed by atoms with E-state index in [0.29, 0.717) is 11.3 Å². The van der Waals surface area contributed by atoms with Gasteiger partial charge in [0, 0.05) is 13.1 Å². The second kappa shape index (κ2) is 4.99. The number of hydrogen-bond donors (Lipinski definition) is 2. The molecule has 88 valence electrons. The van der Waals surface area contributed by atoms with Gasteiger partial charge in [-0.05, 0) is 32.9 Å². The number of carbonyl (C=O) groups excluding carboxylic acids is 1. The summed E-state index contributed by atoms with van der Waals surface area (Å²) in [6, 6.07) is 5.74. The Hall–Kier alpha value is -1.55. The summed E-state index contributed by atoms with van der Waals surface area (Å²) in [5.41, 5.74) is 4.86. The summed E-state index contributed by atoms with van der Waals surface area (Å²) in [6.07, 6.45) is 0. The number of rotatable bonds is 3. The number of carbonyl (C=O) groups is 1. The standard InChI is InChI=1S/C12H19N3O/c1-8(2)15(4)12(16)10-7-9(3)5-6-11(10)14-13/h5-8,14H,13H2,1-4H3. The van der Waals surface area contributed by atoms with Crippen LogP contribution < -0.4 is 11.3 Å². The van der Waals surface area contributed by atoms with Crippen LogP contribution in [0.2, 0.25) is 0 Å². The van der Waals surface area contributed by atoms with E-state index in [9.17, 15) is 4.79 Å². The van der Waals surface area contributed by atoms with Crippen LogP contribution in [-0.2, 0) is 0 Å². The summed E-state index contributed by atoms with van der Waals surface area (Å²) < 4.78 is 0. The molecule has 0 unspecified atom stereocenters. The van der Waals surface area contributed by atoms with Crippen LogP contribution in [0.1, 0.15) is 29.8 Å². The van der Waals surface area contributed by atoms with Gasteiger partial charge in [0.15, 0.2) is 0 Å². The molecule has 0 atom stereocenters. The van der Waals surface area contributed by atoms with Crippen molar-refractivity contribution in [1.29, 1.82) is 0 Å². The fourth-order valence-corrected chi connectivity index (χ4v) is 1.39. The minimum absolute atomic E-state index is 0.0216. The zero-order chi connectivity index (χ0) is 12.3. The number of hydrogen-bond acceptors (Lipinski definition) is 3. The predicted octanol–water partition coefficient (Wildman–Crippen LogP) is 1.76. The largest absolute Gasteiger partial charge is 0.339 e. The fraction of sp³-hybridized carbons (Fsp3) is 0.417. The first-order valence-electron chi connectivity index (χ1n) is 5.31. The highest BCUT2D eigenvalue weighted by molar-refractivity contribution is 5.99. The molecule has 0 saturated carbocycles. The Morgan fingerprint density at radius 2 is 2.06 bits per heavy atom. The molecule has 0 aliphatic carbocycles. The second-order valence-electron chi connectivity index (χ2n) is 4.20. The molecule has 0 spiro atoms. The molecule has 0 fully saturated rings. The third kappa shape index (κ3) is 2.52. The van der Waals surface area contributed by atoms with E-state index in [1.165, 1.54) is 0 Å². The van der Waals surface area contributed by atoms with Gasteiger partial charge in [0.2, 0.25) is 0 Å². The smallest absolute Gasteiger partial charge is 0.255 e. The average Bonchev–Trinajstić information content (AvgIpc) is 2.26. The van der Waals surface area contributed by atoms with Crippen molar-refractivity contribution in [2.45, 2.75) is 26.8 Å². The van der Waals surface area contributed by atoms with E-state index >= 15 is 0 Å². The van der Waals surface area contributed by atoms with Crippen LogP contribution in [0, 0.1) is 6.92 Å². The number of nitrogen functional groups attached to an aromatic ring is 1. The van der Waals surface area contributed by atoms with Gasteiger partial charge in [0.1, 0.15) is 0 Å². The van der Waals surface area contributed by atoms with Gasteiger partial charge in [0.05, 0.1) is 11.3 Å². The molecule has 16 heavy (non-hydrogen) atoms. The van der Waals surface area contributed by atoms with E-state index in [0.717, 1.165) is 5.56 Å². The Labute approximate surface area is 96.4 Å². The molecule has 4 heteroatoms. The molecule has 1 aromatic carbocycles. The average molecular weight is 221 g/mol. The highest BCUT2D eigenvalue weighted by Crippen LogP contribution is 2.18. The predicted molar refractivity (Wildman–Crippen MR) is 66.2 cm³/mol. The van der Waals surface area contributed by atoms with Crippen molar-refractivity contribution in [3.8, 4) is 0 Å². The van der Waals surface area contributed by atoms with Crippen LogP contribution in [-0.4, -0.2) is 23.9 Å². The lowest BCUT2D eigenvalue weighted by Gasteiger charge is -2.22. The van der Waals surface area contributed by atoms with Crippen molar-refractivity contribution >= 4 is 11.6 Å². The minimum Gasteiger partial charge on any atom is -0.339 e. The third-order valence-corrected chi connectivity index (χ3v) is 2.66. The van der Waals surface area contributed by atoms with E-state index in [1.807, 2.05) is 39.0 Å². The highest BCUT2D eigenvalue weighted by atomic mass is 16.2. The molecule has 1 aromatic rings. The van der Waals surface area contributed by atoms with Crippen molar-refractivity contribution in [2.75, 3.05) is 12.5 Å². The summed E-state index contributed by atoms with van der Waals surface area (Å²) in [6.45, 7) is 5.90. The quantitative estimate of drug-likeness (QED) is 0.604. The molecule has 1 amide bonds. The maximum Gasteiger partial charge on any atom is 0.255 e. The molecule has 3 N–H and O–H groups in total. The van der Waals surface area contributed by atoms with Gasteiger partial charge in [-0.2, -0.15) is 0 Å². The molecule has 0 heterocycles. The SMILES string of the molecule is Cc1ccc(NN)c(C(=O)N(C)C(C)C)c1. The van der Waals surface area contributed by atoms with E-state index in [1.54, 1.807) is 11.9 Å². The van der Waals surface area contributed by atoms with Crippen molar-refractivity contribution in [2.24, 2.45) is 5.84 Å². The zero-order valence-corrected chi connectivity index (χ0v) is 10.2. The van der Waals surface area contributed by atoms with Crippen LogP contribution >= 0.6 is 0 Å². The van der Waals surface area contributed by atoms with Gasteiger partial charge in [-0.3, -0.25) is 10.6 Å². The molecule has 0 aliphatic heterocycles. The number of benzene rings is 1. The van der Waals surface area contributed by atoms with Gasteiger partial charge in [-0.1, -0.05) is 11.6 Å². The molecule has 0 saturated heterocycles. The van der Waals surface area contributed by atoms with Gasteiger partial charge in [0.25, 0.3) is 5.91 Å². The molecule has 4 nitrogen and oxygen atoms in total. The Kier molecular flexibility index (Phi) is 3.90. The summed E-state index contributed by atoms with van der Waals surface area (Å²) >= 11 is 0. The zero-order valence-electron chi connectivity index (χ0n) is 10.2. The summed E-state index contributed by atoms with van der Waals surface area (Å²) in [5, 5.41) is 0. The van der Waals surface area contributed by atoms with E-state index in [-0.39, 0.29) is 11.9 Å². The third-order valence-electron chi connectivity index (χ3n) is 2.66. The molecule has 0 bridgehead atoms. The molecular formula is C12H19N3O. The lowest BCUT2D eigenvalue weighted by atomic mass is 10.1. The monoisotopic (exact) mass is 221 g/mol. The van der Waals surface area contributed by atoms with Crippen LogP contribution in [0.3, 0.4) is 0 Å². The summed E-state index contributed by atoms with van der Waals surface area (Å²) in [5.74, 6) is 5.37. The number of hydrazine groups is 1. The van der Waals surface area contributed by atoms with Gasteiger partial charge >= 0.3 is 0 Å². The molecule has 0 aromatic heterocycles. The van der Waals surface area contributed by atoms with Gasteiger partial charge < -0.3 is 10.3 Å². The number of nitrogens with zero attached hydrogens (tertiary/aromatic N) is 1. The van der Waals surface area contributed by atoms with Crippen LogP contribution in [0.25, 0.3) is 0 Å². The van der Waals surface area contributed by atoms with Gasteiger partial charge in [-0.25, -0.2) is 0 Å².